The van der Waals surface area contributed by atoms with Crippen LogP contribution in [0.3, 0.4) is 0 Å². The van der Waals surface area contributed by atoms with Crippen molar-refractivity contribution in [2.24, 2.45) is 5.92 Å². The summed E-state index contributed by atoms with van der Waals surface area (Å²) in [6.45, 7) is 4.34. The van der Waals surface area contributed by atoms with Gasteiger partial charge in [-0.25, -0.2) is 9.18 Å². The van der Waals surface area contributed by atoms with Crippen LogP contribution in [0, 0.1) is 15.3 Å². The molecule has 0 aromatic heterocycles. The number of benzene rings is 1. The number of carbonyl (C=O) groups is 1. The molecule has 0 aliphatic carbocycles. The fourth-order valence-electron chi connectivity index (χ4n) is 1.07. The highest BCUT2D eigenvalue weighted by molar-refractivity contribution is 14.1. The van der Waals surface area contributed by atoms with Crippen LogP contribution in [0.1, 0.15) is 30.6 Å². The smallest absolute Gasteiger partial charge is 0.341 e. The number of ether oxygens (including phenoxy) is 1. The van der Waals surface area contributed by atoms with Gasteiger partial charge in [-0.2, -0.15) is 0 Å². The van der Waals surface area contributed by atoms with E-state index in [0.717, 1.165) is 9.99 Å². The van der Waals surface area contributed by atoms with Gasteiger partial charge in [-0.15, -0.1) is 0 Å². The zero-order valence-electron chi connectivity index (χ0n) is 9.30. The van der Waals surface area contributed by atoms with Crippen molar-refractivity contribution in [2.75, 3.05) is 6.61 Å². The molecule has 0 aliphatic rings. The summed E-state index contributed by atoms with van der Waals surface area (Å²) in [5, 5.41) is 0. The molecule has 2 nitrogen and oxygen atoms in total. The van der Waals surface area contributed by atoms with Gasteiger partial charge < -0.3 is 4.74 Å². The molecule has 0 heterocycles. The van der Waals surface area contributed by atoms with Crippen LogP contribution in [0.15, 0.2) is 18.2 Å². The first-order chi connectivity index (χ1) is 7.54. The lowest BCUT2D eigenvalue weighted by atomic mass is 10.1. The molecule has 16 heavy (non-hydrogen) atoms. The highest BCUT2D eigenvalue weighted by atomic mass is 127. The topological polar surface area (TPSA) is 26.3 Å². The maximum atomic E-state index is 13.4. The number of halogens is 2. The van der Waals surface area contributed by atoms with Crippen molar-refractivity contribution in [1.29, 1.82) is 0 Å². The molecule has 0 bridgehead atoms. The van der Waals surface area contributed by atoms with Crippen molar-refractivity contribution in [2.45, 2.75) is 20.3 Å². The summed E-state index contributed by atoms with van der Waals surface area (Å²) >= 11 is 1.99. The zero-order chi connectivity index (χ0) is 12.1. The van der Waals surface area contributed by atoms with E-state index in [-0.39, 0.29) is 5.56 Å². The monoisotopic (exact) mass is 336 g/mol. The average molecular weight is 336 g/mol. The summed E-state index contributed by atoms with van der Waals surface area (Å²) in [6, 6.07) is 4.46. The summed E-state index contributed by atoms with van der Waals surface area (Å²) in [6.07, 6.45) is 0.933. The van der Waals surface area contributed by atoms with E-state index in [2.05, 4.69) is 0 Å². The van der Waals surface area contributed by atoms with Gasteiger partial charge in [-0.1, -0.05) is 20.3 Å². The molecule has 1 unspecified atom stereocenters. The molecule has 1 aromatic rings. The van der Waals surface area contributed by atoms with Crippen LogP contribution in [0.2, 0.25) is 0 Å². The molecular weight excluding hydrogens is 322 g/mol. The van der Waals surface area contributed by atoms with Gasteiger partial charge in [-0.3, -0.25) is 0 Å². The van der Waals surface area contributed by atoms with E-state index >= 15 is 0 Å². The molecule has 88 valence electrons. The molecule has 0 N–H and O–H groups in total. The Kier molecular flexibility index (Phi) is 5.18. The molecular formula is C12H14FIO2. The molecule has 0 spiro atoms. The molecule has 1 atom stereocenters. The maximum Gasteiger partial charge on any atom is 0.341 e. The third-order valence-corrected chi connectivity index (χ3v) is 3.02. The van der Waals surface area contributed by atoms with Crippen molar-refractivity contribution < 1.29 is 13.9 Å². The second-order valence-electron chi connectivity index (χ2n) is 3.74. The summed E-state index contributed by atoms with van der Waals surface area (Å²) in [5.41, 5.74) is 0.00344. The maximum absolute atomic E-state index is 13.4. The Balaban J connectivity index is 2.66. The lowest BCUT2D eigenvalue weighted by Crippen LogP contribution is -2.13. The largest absolute Gasteiger partial charge is 0.462 e. The molecule has 0 radical (unpaired) electrons. The number of hydrogen-bond acceptors (Lipinski definition) is 2. The van der Waals surface area contributed by atoms with Gasteiger partial charge in [-0.05, 0) is 46.7 Å². The normalized spacial score (nSPS) is 12.2. The van der Waals surface area contributed by atoms with Crippen molar-refractivity contribution in [1.82, 2.24) is 0 Å². The minimum atomic E-state index is -0.589. The number of rotatable bonds is 4. The fraction of sp³-hybridized carbons (Fsp3) is 0.417. The quantitative estimate of drug-likeness (QED) is 0.620. The standard InChI is InChI=1S/C12H14FIO2/c1-3-8(2)7-16-12(15)10-5-4-9(14)6-11(10)13/h4-6,8H,3,7H2,1-2H3. The highest BCUT2D eigenvalue weighted by Crippen LogP contribution is 2.14. The highest BCUT2D eigenvalue weighted by Gasteiger charge is 2.14. The van der Waals surface area contributed by atoms with Crippen molar-refractivity contribution in [3.63, 3.8) is 0 Å². The van der Waals surface area contributed by atoms with Crippen LogP contribution in [-0.4, -0.2) is 12.6 Å². The Bertz CT molecular complexity index is 379. The van der Waals surface area contributed by atoms with Crippen molar-refractivity contribution >= 4 is 28.6 Å². The van der Waals surface area contributed by atoms with Crippen LogP contribution in [0.5, 0.6) is 0 Å². The van der Waals surface area contributed by atoms with Crippen LogP contribution in [-0.2, 0) is 4.74 Å². The second-order valence-corrected chi connectivity index (χ2v) is 4.98. The van der Waals surface area contributed by atoms with Crippen LogP contribution in [0.25, 0.3) is 0 Å². The van der Waals surface area contributed by atoms with Gasteiger partial charge in [0, 0.05) is 3.57 Å². The Morgan fingerprint density at radius 3 is 2.81 bits per heavy atom. The van der Waals surface area contributed by atoms with E-state index in [0.29, 0.717) is 12.5 Å². The summed E-state index contributed by atoms with van der Waals surface area (Å²) in [5.74, 6) is -0.814. The molecule has 1 rings (SSSR count). The van der Waals surface area contributed by atoms with Crippen LogP contribution in [0.4, 0.5) is 4.39 Å². The van der Waals surface area contributed by atoms with Gasteiger partial charge in [0.15, 0.2) is 0 Å². The van der Waals surface area contributed by atoms with Crippen molar-refractivity contribution in [3.05, 3.63) is 33.1 Å². The first-order valence-electron chi connectivity index (χ1n) is 5.16. The Labute approximate surface area is 108 Å². The lowest BCUT2D eigenvalue weighted by molar-refractivity contribution is 0.0442. The predicted molar refractivity (Wildman–Crippen MR) is 68.9 cm³/mol. The van der Waals surface area contributed by atoms with E-state index in [1.54, 1.807) is 6.07 Å². The van der Waals surface area contributed by atoms with E-state index in [1.807, 2.05) is 36.4 Å². The zero-order valence-corrected chi connectivity index (χ0v) is 11.5. The average Bonchev–Trinajstić information content (AvgIpc) is 2.25. The first kappa shape index (κ1) is 13.4. The van der Waals surface area contributed by atoms with E-state index in [4.69, 9.17) is 4.74 Å². The summed E-state index contributed by atoms with van der Waals surface area (Å²) < 4.78 is 19.2. The SMILES string of the molecule is CCC(C)COC(=O)c1ccc(I)cc1F. The molecule has 0 amide bonds. The Hall–Kier alpha value is -0.650. The minimum absolute atomic E-state index is 0.00344. The Morgan fingerprint density at radius 2 is 2.25 bits per heavy atom. The van der Waals surface area contributed by atoms with Gasteiger partial charge in [0.1, 0.15) is 5.82 Å². The lowest BCUT2D eigenvalue weighted by Gasteiger charge is -2.09. The van der Waals surface area contributed by atoms with Gasteiger partial charge >= 0.3 is 5.97 Å². The molecule has 0 fully saturated rings. The van der Waals surface area contributed by atoms with Gasteiger partial charge in [0.25, 0.3) is 0 Å². The number of carbonyl (C=O) groups excluding carboxylic acids is 1. The summed E-state index contributed by atoms with van der Waals surface area (Å²) in [4.78, 5) is 11.5. The fourth-order valence-corrected chi connectivity index (χ4v) is 1.52. The van der Waals surface area contributed by atoms with Crippen LogP contribution >= 0.6 is 22.6 Å². The third kappa shape index (κ3) is 3.73. The molecule has 0 saturated heterocycles. The predicted octanol–water partition coefficient (Wildman–Crippen LogP) is 3.63. The number of esters is 1. The van der Waals surface area contributed by atoms with E-state index in [9.17, 15) is 9.18 Å². The van der Waals surface area contributed by atoms with E-state index < -0.39 is 11.8 Å². The molecule has 0 saturated carbocycles. The first-order valence-corrected chi connectivity index (χ1v) is 6.24. The van der Waals surface area contributed by atoms with Crippen LogP contribution < -0.4 is 0 Å². The van der Waals surface area contributed by atoms with Crippen molar-refractivity contribution in [3.8, 4) is 0 Å². The molecule has 0 aliphatic heterocycles. The third-order valence-electron chi connectivity index (χ3n) is 2.35. The molecule has 4 heteroatoms. The van der Waals surface area contributed by atoms with E-state index in [1.165, 1.54) is 12.1 Å². The number of hydrogen-bond donors (Lipinski definition) is 0. The van der Waals surface area contributed by atoms with Gasteiger partial charge in [0.2, 0.25) is 0 Å². The van der Waals surface area contributed by atoms with Gasteiger partial charge in [0.05, 0.1) is 12.2 Å². The molecule has 1 aromatic carbocycles. The Morgan fingerprint density at radius 1 is 1.56 bits per heavy atom. The minimum Gasteiger partial charge on any atom is -0.462 e. The summed E-state index contributed by atoms with van der Waals surface area (Å²) in [7, 11) is 0. The second kappa shape index (κ2) is 6.18.